The Morgan fingerprint density at radius 1 is 0.370 bits per heavy atom. The molecule has 2 nitrogen and oxygen atoms in total. The molecule has 0 fully saturated rings. The van der Waals surface area contributed by atoms with E-state index in [1.165, 1.54) is 67.3 Å². The number of aromatic nitrogens is 1. The number of nitrogens with zero attached hydrogens (tertiary/aromatic N) is 2. The first-order valence-corrected chi connectivity index (χ1v) is 20.5. The summed E-state index contributed by atoms with van der Waals surface area (Å²) in [5, 5.41) is 6.20. The minimum atomic E-state index is 1.06. The van der Waals surface area contributed by atoms with Gasteiger partial charge >= 0.3 is 0 Å². The summed E-state index contributed by atoms with van der Waals surface area (Å²) < 4.78 is 6.39. The molecular weight excluding hydrogens is 713 g/mol. The van der Waals surface area contributed by atoms with Gasteiger partial charge in [-0.2, -0.15) is 0 Å². The molecule has 0 radical (unpaired) electrons. The Labute approximate surface area is 324 Å². The molecule has 0 unspecified atom stereocenters. The van der Waals surface area contributed by atoms with E-state index in [9.17, 15) is 0 Å². The van der Waals surface area contributed by atoms with E-state index >= 15 is 0 Å². The van der Waals surface area contributed by atoms with Crippen molar-refractivity contribution >= 4 is 102 Å². The summed E-state index contributed by atoms with van der Waals surface area (Å²) in [6.07, 6.45) is 0. The average molecular weight is 743 g/mol. The molecule has 3 aromatic heterocycles. The molecule has 0 bridgehead atoms. The van der Waals surface area contributed by atoms with Crippen molar-refractivity contribution in [1.29, 1.82) is 0 Å². The highest BCUT2D eigenvalue weighted by Crippen LogP contribution is 2.45. The van der Waals surface area contributed by atoms with Crippen LogP contribution in [0.1, 0.15) is 0 Å². The molecule has 0 aliphatic carbocycles. The minimum absolute atomic E-state index is 1.06. The van der Waals surface area contributed by atoms with Crippen LogP contribution < -0.4 is 4.90 Å². The normalized spacial score (nSPS) is 11.7. The Hall–Kier alpha value is -6.11. The van der Waals surface area contributed by atoms with E-state index in [1.54, 1.807) is 11.3 Å². The number of anilines is 3. The number of rotatable bonds is 6. The van der Waals surface area contributed by atoms with Crippen molar-refractivity contribution in [2.45, 2.75) is 0 Å². The van der Waals surface area contributed by atoms with Gasteiger partial charge in [-0.1, -0.05) is 127 Å². The maximum atomic E-state index is 5.20. The van der Waals surface area contributed by atoms with Gasteiger partial charge in [-0.15, -0.1) is 34.0 Å². The van der Waals surface area contributed by atoms with Crippen molar-refractivity contribution < 1.29 is 0 Å². The molecule has 0 amide bonds. The monoisotopic (exact) mass is 742 g/mol. The molecule has 0 saturated heterocycles. The van der Waals surface area contributed by atoms with Gasteiger partial charge in [-0.3, -0.25) is 0 Å². The zero-order chi connectivity index (χ0) is 35.6. The van der Waals surface area contributed by atoms with E-state index in [0.717, 1.165) is 33.1 Å². The van der Waals surface area contributed by atoms with Gasteiger partial charge in [0, 0.05) is 63.0 Å². The molecule has 8 aromatic carbocycles. The van der Waals surface area contributed by atoms with Gasteiger partial charge < -0.3 is 4.90 Å². The lowest BCUT2D eigenvalue weighted by Gasteiger charge is -2.26. The lowest BCUT2D eigenvalue weighted by Crippen LogP contribution is -2.09. The number of benzene rings is 8. The summed E-state index contributed by atoms with van der Waals surface area (Å²) in [7, 11) is 0. The van der Waals surface area contributed by atoms with Crippen LogP contribution in [0, 0.1) is 0 Å². The van der Waals surface area contributed by atoms with Crippen molar-refractivity contribution in [3.8, 4) is 32.8 Å². The van der Waals surface area contributed by atoms with Gasteiger partial charge in [0.05, 0.1) is 10.2 Å². The highest BCUT2D eigenvalue weighted by Gasteiger charge is 2.18. The standard InChI is InChI=1S/C49H30N2S3/c1-3-10-31(11-4-1)32-18-22-35(23-19-32)51(36-24-20-33(21-25-36)38-15-9-16-40-39-14-7-8-17-42(39)53-48(38)40)37-26-27-41-45(30-37)52-43-28-29-44-47(46(41)43)50-49(54-44)34-12-5-2-6-13-34/h1-30H. The quantitative estimate of drug-likeness (QED) is 0.169. The van der Waals surface area contributed by atoms with Crippen molar-refractivity contribution in [2.75, 3.05) is 4.90 Å². The van der Waals surface area contributed by atoms with E-state index in [0.29, 0.717) is 0 Å². The maximum absolute atomic E-state index is 5.20. The molecule has 254 valence electrons. The van der Waals surface area contributed by atoms with E-state index in [-0.39, 0.29) is 0 Å². The van der Waals surface area contributed by atoms with E-state index in [4.69, 9.17) is 4.98 Å². The molecule has 3 heterocycles. The van der Waals surface area contributed by atoms with E-state index in [2.05, 4.69) is 187 Å². The van der Waals surface area contributed by atoms with Crippen LogP contribution in [0.25, 0.3) is 83.4 Å². The van der Waals surface area contributed by atoms with Gasteiger partial charge in [-0.25, -0.2) is 4.98 Å². The average Bonchev–Trinajstić information content (AvgIpc) is 3.95. The summed E-state index contributed by atoms with van der Waals surface area (Å²) in [4.78, 5) is 7.58. The highest BCUT2D eigenvalue weighted by molar-refractivity contribution is 7.27. The number of thiazole rings is 1. The van der Waals surface area contributed by atoms with Crippen LogP contribution in [-0.4, -0.2) is 4.98 Å². The molecule has 0 N–H and O–H groups in total. The number of fused-ring (bicyclic) bond motifs is 8. The summed E-state index contributed by atoms with van der Waals surface area (Å²) in [6, 6.07) is 66.0. The molecule has 11 rings (SSSR count). The van der Waals surface area contributed by atoms with Gasteiger partial charge in [-0.05, 0) is 76.9 Å². The largest absolute Gasteiger partial charge is 0.310 e. The molecular formula is C49H30N2S3. The predicted molar refractivity (Wildman–Crippen MR) is 236 cm³/mol. The van der Waals surface area contributed by atoms with Crippen LogP contribution in [0.2, 0.25) is 0 Å². The Kier molecular flexibility index (Phi) is 7.44. The molecule has 0 saturated carbocycles. The Morgan fingerprint density at radius 2 is 1.00 bits per heavy atom. The topological polar surface area (TPSA) is 16.1 Å². The summed E-state index contributed by atoms with van der Waals surface area (Å²) >= 11 is 5.49. The summed E-state index contributed by atoms with van der Waals surface area (Å²) in [5.74, 6) is 0. The van der Waals surface area contributed by atoms with Crippen LogP contribution in [0.15, 0.2) is 182 Å². The Morgan fingerprint density at radius 3 is 1.78 bits per heavy atom. The Balaban J connectivity index is 1.03. The number of hydrogen-bond donors (Lipinski definition) is 0. The van der Waals surface area contributed by atoms with Crippen LogP contribution in [0.4, 0.5) is 17.1 Å². The van der Waals surface area contributed by atoms with E-state index in [1.807, 2.05) is 22.7 Å². The smallest absolute Gasteiger partial charge is 0.124 e. The highest BCUT2D eigenvalue weighted by atomic mass is 32.1. The second-order valence-corrected chi connectivity index (χ2v) is 16.7. The maximum Gasteiger partial charge on any atom is 0.124 e. The van der Waals surface area contributed by atoms with Crippen molar-refractivity contribution in [2.24, 2.45) is 0 Å². The molecule has 11 aromatic rings. The molecule has 5 heteroatoms. The fraction of sp³-hybridized carbons (Fsp3) is 0. The lowest BCUT2D eigenvalue weighted by molar-refractivity contribution is 1.29. The molecule has 0 aliphatic heterocycles. The predicted octanol–water partition coefficient (Wildman–Crippen LogP) is 15.5. The molecule has 0 atom stereocenters. The van der Waals surface area contributed by atoms with Gasteiger partial charge in [0.15, 0.2) is 0 Å². The van der Waals surface area contributed by atoms with Crippen molar-refractivity contribution in [3.05, 3.63) is 182 Å². The first kappa shape index (κ1) is 31.4. The van der Waals surface area contributed by atoms with Gasteiger partial charge in [0.25, 0.3) is 0 Å². The van der Waals surface area contributed by atoms with Gasteiger partial charge in [0.1, 0.15) is 5.01 Å². The van der Waals surface area contributed by atoms with Crippen LogP contribution in [-0.2, 0) is 0 Å². The lowest BCUT2D eigenvalue weighted by atomic mass is 10.0. The van der Waals surface area contributed by atoms with Crippen LogP contribution in [0.3, 0.4) is 0 Å². The van der Waals surface area contributed by atoms with Crippen LogP contribution >= 0.6 is 34.0 Å². The first-order valence-electron chi connectivity index (χ1n) is 18.0. The third-order valence-electron chi connectivity index (χ3n) is 10.3. The molecule has 0 spiro atoms. The molecule has 0 aliphatic rings. The summed E-state index contributed by atoms with van der Waals surface area (Å²) in [6.45, 7) is 0. The minimum Gasteiger partial charge on any atom is -0.310 e. The third kappa shape index (κ3) is 5.24. The van der Waals surface area contributed by atoms with E-state index < -0.39 is 0 Å². The summed E-state index contributed by atoms with van der Waals surface area (Å²) in [5.41, 5.74) is 10.5. The first-order chi connectivity index (χ1) is 26.7. The van der Waals surface area contributed by atoms with Crippen molar-refractivity contribution in [1.82, 2.24) is 4.98 Å². The zero-order valence-corrected chi connectivity index (χ0v) is 31.4. The zero-order valence-electron chi connectivity index (χ0n) is 28.9. The van der Waals surface area contributed by atoms with Gasteiger partial charge in [0.2, 0.25) is 0 Å². The SMILES string of the molecule is c1ccc(-c2ccc(N(c3ccc(-c4cccc5c4sc4ccccc45)cc3)c3ccc4c(c3)sc3ccc5sc(-c6ccccc6)nc5c34)cc2)cc1. The fourth-order valence-electron chi connectivity index (χ4n) is 7.73. The second kappa shape index (κ2) is 12.8. The molecule has 54 heavy (non-hydrogen) atoms. The fourth-order valence-corrected chi connectivity index (χ4v) is 11.1. The van der Waals surface area contributed by atoms with Crippen molar-refractivity contribution in [3.63, 3.8) is 0 Å². The third-order valence-corrected chi connectivity index (χ3v) is 13.7. The number of thiophene rings is 2. The second-order valence-electron chi connectivity index (χ2n) is 13.5. The van der Waals surface area contributed by atoms with Crippen LogP contribution in [0.5, 0.6) is 0 Å². The Bertz CT molecular complexity index is 3140. The number of hydrogen-bond acceptors (Lipinski definition) is 5.